The van der Waals surface area contributed by atoms with E-state index in [0.29, 0.717) is 5.56 Å². The minimum absolute atomic E-state index is 0.0838. The molecule has 0 unspecified atom stereocenters. The molecule has 1 aromatic carbocycles. The van der Waals surface area contributed by atoms with E-state index in [1.165, 1.54) is 0 Å². The first kappa shape index (κ1) is 16.8. The van der Waals surface area contributed by atoms with Crippen molar-refractivity contribution < 1.29 is 4.79 Å². The van der Waals surface area contributed by atoms with Crippen LogP contribution in [0, 0.1) is 13.8 Å². The van der Waals surface area contributed by atoms with Crippen molar-refractivity contribution >= 4 is 16.8 Å². The molecule has 0 bridgehead atoms. The predicted molar refractivity (Wildman–Crippen MR) is 102 cm³/mol. The maximum absolute atomic E-state index is 13.4. The highest BCUT2D eigenvalue weighted by molar-refractivity contribution is 6.05. The Hall–Kier alpha value is -2.69. The number of nitrogens with zero attached hydrogens (tertiary/aromatic N) is 4. The molecule has 0 aliphatic carbocycles. The molecule has 3 aromatic rings. The SMILES string of the molecule is Cc1cc(C)n(C[C@H]2CCCCN2C(=O)c2cccc3cccnc23)n1. The van der Waals surface area contributed by atoms with Gasteiger partial charge in [-0.25, -0.2) is 0 Å². The van der Waals surface area contributed by atoms with Gasteiger partial charge in [-0.15, -0.1) is 0 Å². The number of aryl methyl sites for hydroxylation is 2. The second kappa shape index (κ2) is 6.90. The topological polar surface area (TPSA) is 51.0 Å². The molecule has 1 saturated heterocycles. The summed E-state index contributed by atoms with van der Waals surface area (Å²) in [7, 11) is 0. The summed E-state index contributed by atoms with van der Waals surface area (Å²) < 4.78 is 2.03. The van der Waals surface area contributed by atoms with E-state index in [0.717, 1.165) is 54.6 Å². The largest absolute Gasteiger partial charge is 0.334 e. The number of aromatic nitrogens is 3. The van der Waals surface area contributed by atoms with Crippen LogP contribution in [-0.4, -0.2) is 38.2 Å². The minimum atomic E-state index is 0.0838. The molecule has 0 spiro atoms. The van der Waals surface area contributed by atoms with E-state index in [1.807, 2.05) is 46.8 Å². The van der Waals surface area contributed by atoms with Crippen molar-refractivity contribution in [2.75, 3.05) is 6.54 Å². The van der Waals surface area contributed by atoms with Gasteiger partial charge in [0, 0.05) is 23.8 Å². The lowest BCUT2D eigenvalue weighted by Gasteiger charge is -2.36. The van der Waals surface area contributed by atoms with Gasteiger partial charge in [-0.3, -0.25) is 14.5 Å². The van der Waals surface area contributed by atoms with Crippen molar-refractivity contribution in [2.45, 2.75) is 45.7 Å². The second-order valence-corrected chi connectivity index (χ2v) is 7.14. The van der Waals surface area contributed by atoms with Crippen molar-refractivity contribution in [3.8, 4) is 0 Å². The Balaban J connectivity index is 1.65. The Kier molecular flexibility index (Phi) is 4.45. The van der Waals surface area contributed by atoms with Crippen LogP contribution in [0.25, 0.3) is 10.9 Å². The number of amides is 1. The summed E-state index contributed by atoms with van der Waals surface area (Å²) in [6, 6.07) is 12.0. The smallest absolute Gasteiger partial charge is 0.256 e. The first-order chi connectivity index (χ1) is 12.6. The van der Waals surface area contributed by atoms with Crippen molar-refractivity contribution in [1.29, 1.82) is 0 Å². The van der Waals surface area contributed by atoms with Gasteiger partial charge < -0.3 is 4.90 Å². The number of pyridine rings is 1. The number of carbonyl (C=O) groups is 1. The van der Waals surface area contributed by atoms with E-state index >= 15 is 0 Å². The number of rotatable bonds is 3. The molecular formula is C21H24N4O. The molecule has 26 heavy (non-hydrogen) atoms. The van der Waals surface area contributed by atoms with Crippen LogP contribution in [0.5, 0.6) is 0 Å². The Morgan fingerprint density at radius 1 is 1.19 bits per heavy atom. The fraction of sp³-hybridized carbons (Fsp3) is 0.381. The fourth-order valence-electron chi connectivity index (χ4n) is 3.95. The van der Waals surface area contributed by atoms with E-state index in [9.17, 15) is 4.79 Å². The highest BCUT2D eigenvalue weighted by atomic mass is 16.2. The minimum Gasteiger partial charge on any atom is -0.334 e. The molecular weight excluding hydrogens is 324 g/mol. The number of carbonyl (C=O) groups excluding carboxylic acids is 1. The molecule has 1 aliphatic rings. The lowest BCUT2D eigenvalue weighted by atomic mass is 9.99. The van der Waals surface area contributed by atoms with E-state index in [-0.39, 0.29) is 11.9 Å². The van der Waals surface area contributed by atoms with Gasteiger partial charge in [0.2, 0.25) is 0 Å². The number of para-hydroxylation sites is 1. The quantitative estimate of drug-likeness (QED) is 0.724. The zero-order valence-corrected chi connectivity index (χ0v) is 15.4. The van der Waals surface area contributed by atoms with Crippen LogP contribution >= 0.6 is 0 Å². The monoisotopic (exact) mass is 348 g/mol. The molecule has 0 saturated carbocycles. The van der Waals surface area contributed by atoms with Gasteiger partial charge in [0.15, 0.2) is 0 Å². The molecule has 0 N–H and O–H groups in total. The van der Waals surface area contributed by atoms with Gasteiger partial charge in [-0.1, -0.05) is 18.2 Å². The van der Waals surface area contributed by atoms with Crippen LogP contribution in [0.2, 0.25) is 0 Å². The summed E-state index contributed by atoms with van der Waals surface area (Å²) in [6.07, 6.45) is 4.98. The molecule has 1 atom stereocenters. The maximum Gasteiger partial charge on any atom is 0.256 e. The van der Waals surface area contributed by atoms with Gasteiger partial charge in [0.1, 0.15) is 0 Å². The summed E-state index contributed by atoms with van der Waals surface area (Å²) in [5.41, 5.74) is 3.65. The van der Waals surface area contributed by atoms with Gasteiger partial charge in [0.25, 0.3) is 5.91 Å². The number of hydrogen-bond donors (Lipinski definition) is 0. The first-order valence-corrected chi connectivity index (χ1v) is 9.29. The van der Waals surface area contributed by atoms with E-state index in [2.05, 4.69) is 23.1 Å². The summed E-state index contributed by atoms with van der Waals surface area (Å²) in [6.45, 7) is 5.63. The van der Waals surface area contributed by atoms with Crippen LogP contribution in [0.15, 0.2) is 42.6 Å². The Labute approximate surface area is 153 Å². The summed E-state index contributed by atoms with van der Waals surface area (Å²) in [5.74, 6) is 0.0838. The van der Waals surface area contributed by atoms with Gasteiger partial charge in [-0.05, 0) is 51.3 Å². The third-order valence-electron chi connectivity index (χ3n) is 5.24. The molecule has 4 rings (SSSR count). The van der Waals surface area contributed by atoms with E-state index in [1.54, 1.807) is 6.20 Å². The molecule has 5 heteroatoms. The van der Waals surface area contributed by atoms with Crippen LogP contribution in [0.1, 0.15) is 41.0 Å². The van der Waals surface area contributed by atoms with Crippen molar-refractivity contribution in [1.82, 2.24) is 19.7 Å². The third-order valence-corrected chi connectivity index (χ3v) is 5.24. The molecule has 2 aromatic heterocycles. The highest BCUT2D eigenvalue weighted by Gasteiger charge is 2.29. The summed E-state index contributed by atoms with van der Waals surface area (Å²) >= 11 is 0. The summed E-state index contributed by atoms with van der Waals surface area (Å²) in [4.78, 5) is 19.9. The first-order valence-electron chi connectivity index (χ1n) is 9.29. The number of likely N-dealkylation sites (tertiary alicyclic amines) is 1. The Morgan fingerprint density at radius 3 is 2.85 bits per heavy atom. The van der Waals surface area contributed by atoms with Crippen LogP contribution in [-0.2, 0) is 6.54 Å². The number of fused-ring (bicyclic) bond motifs is 1. The van der Waals surface area contributed by atoms with Crippen molar-refractivity contribution in [2.24, 2.45) is 0 Å². The second-order valence-electron chi connectivity index (χ2n) is 7.14. The molecule has 1 fully saturated rings. The lowest BCUT2D eigenvalue weighted by Crippen LogP contribution is -2.46. The number of piperidine rings is 1. The average Bonchev–Trinajstić information content (AvgIpc) is 2.98. The van der Waals surface area contributed by atoms with Crippen molar-refractivity contribution in [3.05, 3.63) is 59.5 Å². The zero-order valence-electron chi connectivity index (χ0n) is 15.4. The lowest BCUT2D eigenvalue weighted by molar-refractivity contribution is 0.0584. The maximum atomic E-state index is 13.4. The zero-order chi connectivity index (χ0) is 18.1. The molecule has 3 heterocycles. The average molecular weight is 348 g/mol. The van der Waals surface area contributed by atoms with Gasteiger partial charge >= 0.3 is 0 Å². The fourth-order valence-corrected chi connectivity index (χ4v) is 3.95. The van der Waals surface area contributed by atoms with Crippen LogP contribution < -0.4 is 0 Å². The Bertz CT molecular complexity index is 941. The van der Waals surface area contributed by atoms with Crippen LogP contribution in [0.3, 0.4) is 0 Å². The molecule has 5 nitrogen and oxygen atoms in total. The van der Waals surface area contributed by atoms with E-state index < -0.39 is 0 Å². The van der Waals surface area contributed by atoms with Gasteiger partial charge in [0.05, 0.1) is 29.4 Å². The molecule has 1 amide bonds. The summed E-state index contributed by atoms with van der Waals surface area (Å²) in [5, 5.41) is 5.59. The third kappa shape index (κ3) is 3.09. The molecule has 1 aliphatic heterocycles. The van der Waals surface area contributed by atoms with E-state index in [4.69, 9.17) is 0 Å². The highest BCUT2D eigenvalue weighted by Crippen LogP contribution is 2.24. The van der Waals surface area contributed by atoms with Crippen molar-refractivity contribution in [3.63, 3.8) is 0 Å². The standard InChI is InChI=1S/C21H24N4O/c1-15-13-16(2)25(23-15)14-18-9-3-4-12-24(18)21(26)19-10-5-7-17-8-6-11-22-20(17)19/h5-8,10-11,13,18H,3-4,9,12,14H2,1-2H3/t18-/m1/s1. The normalized spacial score (nSPS) is 17.6. The Morgan fingerprint density at radius 2 is 2.04 bits per heavy atom. The van der Waals surface area contributed by atoms with Gasteiger partial charge in [-0.2, -0.15) is 5.10 Å². The molecule has 0 radical (unpaired) electrons. The number of hydrogen-bond acceptors (Lipinski definition) is 3. The number of benzene rings is 1. The predicted octanol–water partition coefficient (Wildman–Crippen LogP) is 3.74. The molecule has 134 valence electrons. The van der Waals surface area contributed by atoms with Crippen LogP contribution in [0.4, 0.5) is 0 Å².